The third-order valence-corrected chi connectivity index (χ3v) is 4.02. The van der Waals surface area contributed by atoms with Gasteiger partial charge in [0.2, 0.25) is 0 Å². The lowest BCUT2D eigenvalue weighted by Crippen LogP contribution is -1.81. The summed E-state index contributed by atoms with van der Waals surface area (Å²) in [7, 11) is 0. The molecule has 1 aromatic rings. The predicted octanol–water partition coefficient (Wildman–Crippen LogP) is 7.08. The second-order valence-electron chi connectivity index (χ2n) is 6.06. The van der Waals surface area contributed by atoms with E-state index in [-0.39, 0.29) is 0 Å². The number of unbranched alkanes of at least 4 members (excludes halogenated alkanes) is 10. The Morgan fingerprint density at radius 3 is 2.05 bits per heavy atom. The molecule has 1 heteroatoms. The van der Waals surface area contributed by atoms with Crippen molar-refractivity contribution in [2.45, 2.75) is 90.4 Å². The quantitative estimate of drug-likeness (QED) is 0.263. The monoisotopic (exact) mass is 290 g/mol. The lowest BCUT2D eigenvalue weighted by molar-refractivity contribution is 0.498. The van der Waals surface area contributed by atoms with Crippen LogP contribution in [0.4, 0.5) is 0 Å². The number of allylic oxidation sites excluding steroid dienone is 2. The van der Waals surface area contributed by atoms with Crippen LogP contribution in [0.15, 0.2) is 35.0 Å². The van der Waals surface area contributed by atoms with Crippen molar-refractivity contribution in [2.75, 3.05) is 0 Å². The highest BCUT2D eigenvalue weighted by atomic mass is 16.3. The maximum Gasteiger partial charge on any atom is 0.103 e. The lowest BCUT2D eigenvalue weighted by Gasteiger charge is -2.00. The minimum Gasteiger partial charge on any atom is -0.469 e. The van der Waals surface area contributed by atoms with E-state index in [0.29, 0.717) is 0 Å². The maximum absolute atomic E-state index is 5.33. The smallest absolute Gasteiger partial charge is 0.103 e. The summed E-state index contributed by atoms with van der Waals surface area (Å²) < 4.78 is 5.33. The van der Waals surface area contributed by atoms with Crippen molar-refractivity contribution < 1.29 is 4.42 Å². The van der Waals surface area contributed by atoms with E-state index >= 15 is 0 Å². The van der Waals surface area contributed by atoms with Crippen LogP contribution >= 0.6 is 0 Å². The molecule has 0 saturated heterocycles. The Labute approximate surface area is 131 Å². The maximum atomic E-state index is 5.33. The summed E-state index contributed by atoms with van der Waals surface area (Å²) in [5.74, 6) is 1.12. The second kappa shape index (κ2) is 14.0. The Morgan fingerprint density at radius 1 is 0.810 bits per heavy atom. The van der Waals surface area contributed by atoms with Crippen LogP contribution in [0.1, 0.15) is 89.7 Å². The zero-order chi connectivity index (χ0) is 15.0. The first-order valence-corrected chi connectivity index (χ1v) is 9.11. The number of hydrogen-bond donors (Lipinski definition) is 0. The predicted molar refractivity (Wildman–Crippen MR) is 92.6 cm³/mol. The number of aryl methyl sites for hydroxylation is 1. The van der Waals surface area contributed by atoms with E-state index in [2.05, 4.69) is 25.1 Å². The zero-order valence-corrected chi connectivity index (χ0v) is 14.0. The van der Waals surface area contributed by atoms with Crippen LogP contribution in [0.25, 0.3) is 0 Å². The summed E-state index contributed by atoms with van der Waals surface area (Å²) in [5, 5.41) is 0. The van der Waals surface area contributed by atoms with Gasteiger partial charge in [0.1, 0.15) is 5.76 Å². The van der Waals surface area contributed by atoms with Crippen LogP contribution in [0.3, 0.4) is 0 Å². The van der Waals surface area contributed by atoms with Crippen molar-refractivity contribution in [3.05, 3.63) is 36.3 Å². The summed E-state index contributed by atoms with van der Waals surface area (Å²) >= 11 is 0. The van der Waals surface area contributed by atoms with Gasteiger partial charge in [-0.25, -0.2) is 0 Å². The first-order chi connectivity index (χ1) is 10.4. The molecule has 0 aliphatic rings. The largest absolute Gasteiger partial charge is 0.469 e. The Balaban J connectivity index is 1.76. The molecule has 0 unspecified atom stereocenters. The first-order valence-electron chi connectivity index (χ1n) is 9.11. The molecule has 1 heterocycles. The highest BCUT2D eigenvalue weighted by Gasteiger charge is 1.94. The van der Waals surface area contributed by atoms with Gasteiger partial charge in [0.25, 0.3) is 0 Å². The number of hydrogen-bond acceptors (Lipinski definition) is 1. The molecule has 0 N–H and O–H groups in total. The topological polar surface area (TPSA) is 13.1 Å². The third-order valence-electron chi connectivity index (χ3n) is 4.02. The SMILES string of the molecule is CCCCCCCCCCC=CCCCCc1ccco1. The Morgan fingerprint density at radius 2 is 1.43 bits per heavy atom. The van der Waals surface area contributed by atoms with Crippen LogP contribution in [-0.4, -0.2) is 0 Å². The number of rotatable bonds is 14. The minimum absolute atomic E-state index is 1.08. The van der Waals surface area contributed by atoms with Crippen molar-refractivity contribution >= 4 is 0 Å². The van der Waals surface area contributed by atoms with Crippen LogP contribution in [0.2, 0.25) is 0 Å². The van der Waals surface area contributed by atoms with Crippen LogP contribution in [0, 0.1) is 0 Å². The summed E-state index contributed by atoms with van der Waals surface area (Å²) in [5.41, 5.74) is 0. The highest BCUT2D eigenvalue weighted by molar-refractivity contribution is 4.97. The average molecular weight is 290 g/mol. The van der Waals surface area contributed by atoms with Gasteiger partial charge in [0.15, 0.2) is 0 Å². The van der Waals surface area contributed by atoms with Gasteiger partial charge < -0.3 is 4.42 Å². The van der Waals surface area contributed by atoms with Gasteiger partial charge in [-0.1, -0.05) is 64.0 Å². The summed E-state index contributed by atoms with van der Waals surface area (Å²) in [4.78, 5) is 0. The van der Waals surface area contributed by atoms with E-state index in [0.717, 1.165) is 12.2 Å². The molecule has 0 spiro atoms. The van der Waals surface area contributed by atoms with Crippen molar-refractivity contribution in [1.29, 1.82) is 0 Å². The summed E-state index contributed by atoms with van der Waals surface area (Å²) in [6.45, 7) is 2.28. The normalized spacial score (nSPS) is 11.5. The average Bonchev–Trinajstić information content (AvgIpc) is 3.01. The molecule has 0 atom stereocenters. The molecule has 0 radical (unpaired) electrons. The molecule has 1 aromatic heterocycles. The van der Waals surface area contributed by atoms with E-state index in [4.69, 9.17) is 4.42 Å². The lowest BCUT2D eigenvalue weighted by atomic mass is 10.1. The molecule has 1 rings (SSSR count). The fourth-order valence-corrected chi connectivity index (χ4v) is 2.65. The van der Waals surface area contributed by atoms with Gasteiger partial charge in [0, 0.05) is 6.42 Å². The first kappa shape index (κ1) is 18.1. The van der Waals surface area contributed by atoms with E-state index < -0.39 is 0 Å². The summed E-state index contributed by atoms with van der Waals surface area (Å²) in [6, 6.07) is 4.04. The van der Waals surface area contributed by atoms with Crippen LogP contribution < -0.4 is 0 Å². The molecule has 0 aromatic carbocycles. The van der Waals surface area contributed by atoms with Gasteiger partial charge in [-0.15, -0.1) is 0 Å². The van der Waals surface area contributed by atoms with Crippen molar-refractivity contribution in [2.24, 2.45) is 0 Å². The molecule has 120 valence electrons. The Kier molecular flexibility index (Phi) is 12.0. The fourth-order valence-electron chi connectivity index (χ4n) is 2.65. The minimum atomic E-state index is 1.08. The van der Waals surface area contributed by atoms with E-state index in [1.54, 1.807) is 6.26 Å². The molecule has 0 bridgehead atoms. The van der Waals surface area contributed by atoms with Gasteiger partial charge >= 0.3 is 0 Å². The standard InChI is InChI=1S/C20H34O/c1-2-3-4-5-6-7-8-9-10-11-12-13-14-15-17-20-18-16-19-21-20/h11-12,16,18-19H,2-10,13-15,17H2,1H3. The zero-order valence-electron chi connectivity index (χ0n) is 14.0. The van der Waals surface area contributed by atoms with Gasteiger partial charge in [-0.3, -0.25) is 0 Å². The van der Waals surface area contributed by atoms with Crippen LogP contribution in [-0.2, 0) is 6.42 Å². The molecule has 0 amide bonds. The van der Waals surface area contributed by atoms with Gasteiger partial charge in [0.05, 0.1) is 6.26 Å². The Hall–Kier alpha value is -0.980. The fraction of sp³-hybridized carbons (Fsp3) is 0.700. The van der Waals surface area contributed by atoms with Gasteiger partial charge in [-0.05, 0) is 44.2 Å². The van der Waals surface area contributed by atoms with E-state index in [9.17, 15) is 0 Å². The van der Waals surface area contributed by atoms with Crippen molar-refractivity contribution in [1.82, 2.24) is 0 Å². The number of furan rings is 1. The Bertz CT molecular complexity index is 324. The molecular formula is C20H34O. The highest BCUT2D eigenvalue weighted by Crippen LogP contribution is 2.10. The van der Waals surface area contributed by atoms with Crippen LogP contribution in [0.5, 0.6) is 0 Å². The molecule has 0 aliphatic heterocycles. The molecule has 0 aliphatic carbocycles. The molecule has 0 fully saturated rings. The van der Waals surface area contributed by atoms with E-state index in [1.165, 1.54) is 77.0 Å². The molecule has 0 saturated carbocycles. The van der Waals surface area contributed by atoms with E-state index in [1.807, 2.05) is 6.07 Å². The molecule has 1 nitrogen and oxygen atoms in total. The second-order valence-corrected chi connectivity index (χ2v) is 6.06. The van der Waals surface area contributed by atoms with Gasteiger partial charge in [-0.2, -0.15) is 0 Å². The summed E-state index contributed by atoms with van der Waals surface area (Å²) in [6.07, 6.45) is 23.9. The third kappa shape index (κ3) is 11.4. The molecular weight excluding hydrogens is 256 g/mol. The van der Waals surface area contributed by atoms with Crippen molar-refractivity contribution in [3.63, 3.8) is 0 Å². The molecule has 21 heavy (non-hydrogen) atoms. The van der Waals surface area contributed by atoms with Crippen molar-refractivity contribution in [3.8, 4) is 0 Å².